The minimum Gasteiger partial charge on any atom is -0.342 e. The first-order valence-corrected chi connectivity index (χ1v) is 11.4. The van der Waals surface area contributed by atoms with Crippen molar-refractivity contribution in [1.29, 1.82) is 0 Å². The van der Waals surface area contributed by atoms with Gasteiger partial charge in [-0.2, -0.15) is 0 Å². The molecule has 178 valence electrons. The largest absolute Gasteiger partial charge is 0.342 e. The highest BCUT2D eigenvalue weighted by Crippen LogP contribution is 2.30. The molecule has 1 fully saturated rings. The van der Waals surface area contributed by atoms with Gasteiger partial charge in [-0.3, -0.25) is 19.1 Å². The molecule has 9 heteroatoms. The van der Waals surface area contributed by atoms with Gasteiger partial charge in [0.15, 0.2) is 0 Å². The molecule has 1 aromatic heterocycles. The summed E-state index contributed by atoms with van der Waals surface area (Å²) in [7, 11) is 2.99. The average molecular weight is 485 g/mol. The van der Waals surface area contributed by atoms with Crippen LogP contribution >= 0.6 is 11.6 Å². The summed E-state index contributed by atoms with van der Waals surface area (Å²) >= 11 is 6.43. The summed E-state index contributed by atoms with van der Waals surface area (Å²) in [4.78, 5) is 41.1. The second-order valence-electron chi connectivity index (χ2n) is 8.89. The first kappa shape index (κ1) is 23.8. The third kappa shape index (κ3) is 4.63. The summed E-state index contributed by atoms with van der Waals surface area (Å²) in [5, 5.41) is 0.635. The molecule has 2 heterocycles. The zero-order valence-electron chi connectivity index (χ0n) is 19.1. The number of nitrogen functional groups attached to an aromatic ring is 1. The second-order valence-corrected chi connectivity index (χ2v) is 9.30. The van der Waals surface area contributed by atoms with E-state index in [0.717, 1.165) is 24.8 Å². The highest BCUT2D eigenvalue weighted by atomic mass is 35.5. The van der Waals surface area contributed by atoms with E-state index in [1.54, 1.807) is 29.2 Å². The molecule has 0 bridgehead atoms. The van der Waals surface area contributed by atoms with E-state index in [0.29, 0.717) is 29.9 Å². The maximum absolute atomic E-state index is 13.3. The van der Waals surface area contributed by atoms with Gasteiger partial charge in [-0.25, -0.2) is 4.39 Å². The Hall–Kier alpha value is -3.39. The van der Waals surface area contributed by atoms with Crippen LogP contribution in [0.3, 0.4) is 0 Å². The molecule has 2 aromatic carbocycles. The number of nitrogens with two attached hydrogens (primary N) is 1. The molecule has 2 N–H and O–H groups in total. The van der Waals surface area contributed by atoms with Crippen molar-refractivity contribution in [2.45, 2.75) is 19.3 Å². The molecule has 1 aliphatic heterocycles. The summed E-state index contributed by atoms with van der Waals surface area (Å²) < 4.78 is 14.4. The Bertz CT molecular complexity index is 1260. The van der Waals surface area contributed by atoms with Gasteiger partial charge in [0.25, 0.3) is 17.6 Å². The van der Waals surface area contributed by atoms with Crippen molar-refractivity contribution in [3.05, 3.63) is 70.1 Å². The molecule has 34 heavy (non-hydrogen) atoms. The van der Waals surface area contributed by atoms with Crippen molar-refractivity contribution in [3.8, 4) is 0 Å². The first-order valence-electron chi connectivity index (χ1n) is 11.0. The number of piperidine rings is 1. The Morgan fingerprint density at radius 1 is 1.09 bits per heavy atom. The quantitative estimate of drug-likeness (QED) is 0.341. The number of fused-ring (bicyclic) bond motifs is 1. The summed E-state index contributed by atoms with van der Waals surface area (Å²) in [6.07, 6.45) is 3.86. The smallest absolute Gasteiger partial charge is 0.294 e. The van der Waals surface area contributed by atoms with E-state index in [-0.39, 0.29) is 27.9 Å². The van der Waals surface area contributed by atoms with E-state index in [4.69, 9.17) is 17.4 Å². The molecule has 0 unspecified atom stereocenters. The van der Waals surface area contributed by atoms with Gasteiger partial charge in [0.2, 0.25) is 0 Å². The van der Waals surface area contributed by atoms with Crippen molar-refractivity contribution in [2.75, 3.05) is 33.0 Å². The molecule has 0 saturated carbocycles. The molecule has 0 radical (unpaired) electrons. The van der Waals surface area contributed by atoms with Crippen molar-refractivity contribution < 1.29 is 18.8 Å². The third-order valence-electron chi connectivity index (χ3n) is 6.34. The lowest BCUT2D eigenvalue weighted by atomic mass is 9.90. The molecule has 0 spiro atoms. The lowest BCUT2D eigenvalue weighted by molar-refractivity contribution is -0.124. The summed E-state index contributed by atoms with van der Waals surface area (Å²) in [6.45, 7) is 1.14. The van der Waals surface area contributed by atoms with Crippen molar-refractivity contribution in [3.63, 3.8) is 0 Å². The molecular weight excluding hydrogens is 459 g/mol. The number of rotatable bonds is 5. The molecule has 0 atom stereocenters. The molecule has 7 nitrogen and oxygen atoms in total. The number of benzene rings is 2. The SMILES string of the molecule is CN(C)C(=O)C(=O)c1cn(N)c2cc(Cl)c(C(=O)N3CCC(Cc4ccc(F)cc4)CC3)cc12. The number of likely N-dealkylation sites (tertiary alicyclic amines) is 1. The van der Waals surface area contributed by atoms with E-state index >= 15 is 0 Å². The number of Topliss-reactive ketones (excluding diaryl/α,β-unsaturated/α-hetero) is 1. The van der Waals surface area contributed by atoms with Gasteiger partial charge in [0, 0.05) is 38.8 Å². The van der Waals surface area contributed by atoms with Crippen LogP contribution in [0.15, 0.2) is 42.6 Å². The maximum atomic E-state index is 13.3. The molecule has 1 saturated heterocycles. The third-order valence-corrected chi connectivity index (χ3v) is 6.65. The van der Waals surface area contributed by atoms with Crippen LogP contribution in [0, 0.1) is 11.7 Å². The fourth-order valence-corrected chi connectivity index (χ4v) is 4.64. The zero-order valence-corrected chi connectivity index (χ0v) is 19.8. The van der Waals surface area contributed by atoms with Gasteiger partial charge in [-0.05, 0) is 55.0 Å². The van der Waals surface area contributed by atoms with E-state index in [9.17, 15) is 18.8 Å². The zero-order chi connectivity index (χ0) is 24.6. The number of amides is 2. The number of hydrogen-bond acceptors (Lipinski definition) is 4. The van der Waals surface area contributed by atoms with Crippen LogP contribution in [0.1, 0.15) is 39.1 Å². The Morgan fingerprint density at radius 3 is 2.35 bits per heavy atom. The predicted octanol–water partition coefficient (Wildman–Crippen LogP) is 3.51. The van der Waals surface area contributed by atoms with E-state index < -0.39 is 11.7 Å². The van der Waals surface area contributed by atoms with Crippen LogP contribution in [-0.2, 0) is 11.2 Å². The molecule has 4 rings (SSSR count). The number of carbonyl (C=O) groups is 3. The number of ketones is 1. The van der Waals surface area contributed by atoms with Crippen LogP contribution < -0.4 is 5.84 Å². The van der Waals surface area contributed by atoms with E-state index in [2.05, 4.69) is 0 Å². The van der Waals surface area contributed by atoms with Gasteiger partial charge in [0.1, 0.15) is 5.82 Å². The van der Waals surface area contributed by atoms with Gasteiger partial charge < -0.3 is 15.6 Å². The second kappa shape index (κ2) is 9.46. The molecule has 1 aliphatic rings. The number of halogens is 2. The maximum Gasteiger partial charge on any atom is 0.294 e. The van der Waals surface area contributed by atoms with Crippen LogP contribution in [0.4, 0.5) is 4.39 Å². The van der Waals surface area contributed by atoms with Crippen LogP contribution in [0.5, 0.6) is 0 Å². The van der Waals surface area contributed by atoms with Crippen LogP contribution in [-0.4, -0.2) is 59.3 Å². The highest BCUT2D eigenvalue weighted by Gasteiger charge is 2.28. The average Bonchev–Trinajstić information content (AvgIpc) is 3.14. The predicted molar refractivity (Wildman–Crippen MR) is 129 cm³/mol. The van der Waals surface area contributed by atoms with Gasteiger partial charge in [0.05, 0.1) is 21.7 Å². The Balaban J connectivity index is 1.53. The number of nitrogens with zero attached hydrogens (tertiary/aromatic N) is 3. The molecular formula is C25H26ClFN4O3. The Morgan fingerprint density at radius 2 is 1.74 bits per heavy atom. The molecule has 0 aliphatic carbocycles. The number of carbonyl (C=O) groups excluding carboxylic acids is 3. The van der Waals surface area contributed by atoms with E-state index in [1.807, 2.05) is 0 Å². The monoisotopic (exact) mass is 484 g/mol. The topological polar surface area (TPSA) is 88.6 Å². The van der Waals surface area contributed by atoms with Crippen LogP contribution in [0.2, 0.25) is 5.02 Å². The van der Waals surface area contributed by atoms with Crippen molar-refractivity contribution in [2.24, 2.45) is 5.92 Å². The first-order chi connectivity index (χ1) is 16.2. The highest BCUT2D eigenvalue weighted by molar-refractivity contribution is 6.45. The Labute approximate surface area is 201 Å². The minimum atomic E-state index is -0.707. The van der Waals surface area contributed by atoms with Gasteiger partial charge in [-0.1, -0.05) is 23.7 Å². The van der Waals surface area contributed by atoms with Gasteiger partial charge >= 0.3 is 0 Å². The van der Waals surface area contributed by atoms with E-state index in [1.165, 1.54) is 42.0 Å². The van der Waals surface area contributed by atoms with Crippen LogP contribution in [0.25, 0.3) is 10.9 Å². The lowest BCUT2D eigenvalue weighted by Gasteiger charge is -2.32. The van der Waals surface area contributed by atoms with Crippen molar-refractivity contribution in [1.82, 2.24) is 14.5 Å². The fourth-order valence-electron chi connectivity index (χ4n) is 4.40. The molecule has 3 aromatic rings. The fraction of sp³-hybridized carbons (Fsp3) is 0.320. The summed E-state index contributed by atoms with van der Waals surface area (Å²) in [5.74, 6) is 4.52. The van der Waals surface area contributed by atoms with Crippen molar-refractivity contribution >= 4 is 40.1 Å². The number of likely N-dealkylation sites (N-methyl/N-ethyl adjacent to an activating group) is 1. The van der Waals surface area contributed by atoms with Gasteiger partial charge in [-0.15, -0.1) is 0 Å². The Kier molecular flexibility index (Phi) is 6.61. The summed E-state index contributed by atoms with van der Waals surface area (Å²) in [5.41, 5.74) is 1.92. The normalized spacial score (nSPS) is 14.4. The standard InChI is InChI=1S/C25H26ClFN4O3/c1-29(2)25(34)23(32)20-14-31(28)22-13-21(26)19(12-18(20)22)24(33)30-9-7-16(8-10-30)11-15-3-5-17(27)6-4-15/h3-6,12-14,16H,7-11,28H2,1-2H3. The molecule has 2 amide bonds. The number of aromatic nitrogens is 1. The lowest BCUT2D eigenvalue weighted by Crippen LogP contribution is -2.39. The summed E-state index contributed by atoms with van der Waals surface area (Å²) in [6, 6.07) is 9.61. The number of hydrogen-bond donors (Lipinski definition) is 1. The minimum absolute atomic E-state index is 0.125.